The van der Waals surface area contributed by atoms with E-state index in [1.165, 1.54) is 32.1 Å². The van der Waals surface area contributed by atoms with E-state index in [0.717, 1.165) is 22.8 Å². The number of aliphatic imine (C=N–C) groups is 1. The summed E-state index contributed by atoms with van der Waals surface area (Å²) in [5, 5.41) is 7.78. The Morgan fingerprint density at radius 1 is 1.29 bits per heavy atom. The third-order valence-electron chi connectivity index (χ3n) is 4.42. The number of nitrogens with one attached hydrogen (secondary N) is 1. The molecule has 1 aliphatic rings. The largest absolute Gasteiger partial charge is 0.370 e. The van der Waals surface area contributed by atoms with Crippen LogP contribution in [0.4, 0.5) is 0 Å². The molecule has 0 amide bonds. The van der Waals surface area contributed by atoms with Gasteiger partial charge in [-0.3, -0.25) is 0 Å². The van der Waals surface area contributed by atoms with E-state index in [0.29, 0.717) is 18.5 Å². The lowest BCUT2D eigenvalue weighted by atomic mass is 9.96. The molecular formula is C18H26N6. The first-order valence-electron chi connectivity index (χ1n) is 8.67. The van der Waals surface area contributed by atoms with Gasteiger partial charge in [0.1, 0.15) is 0 Å². The number of pyridine rings is 1. The van der Waals surface area contributed by atoms with E-state index < -0.39 is 0 Å². The van der Waals surface area contributed by atoms with Crippen LogP contribution < -0.4 is 11.1 Å². The zero-order valence-corrected chi connectivity index (χ0v) is 14.5. The first-order valence-corrected chi connectivity index (χ1v) is 8.67. The Morgan fingerprint density at radius 3 is 2.71 bits per heavy atom. The highest BCUT2D eigenvalue weighted by Gasteiger charge is 2.13. The minimum absolute atomic E-state index is 0.481. The average Bonchev–Trinajstić information content (AvgIpc) is 2.93. The molecular weight excluding hydrogens is 300 g/mol. The van der Waals surface area contributed by atoms with Crippen molar-refractivity contribution in [2.45, 2.75) is 58.5 Å². The molecule has 2 heterocycles. The SMILES string of the molecule is Cc1cc(C)n(-c2ccc(CN=C(N)NC3CCCCC3)cn2)n1. The molecule has 2 aromatic rings. The first kappa shape index (κ1) is 16.5. The van der Waals surface area contributed by atoms with Crippen molar-refractivity contribution in [3.05, 3.63) is 41.3 Å². The van der Waals surface area contributed by atoms with E-state index in [4.69, 9.17) is 5.73 Å². The molecule has 0 atom stereocenters. The van der Waals surface area contributed by atoms with Crippen LogP contribution in [0.3, 0.4) is 0 Å². The Balaban J connectivity index is 1.59. The number of rotatable bonds is 4. The number of hydrogen-bond acceptors (Lipinski definition) is 3. The molecule has 0 unspecified atom stereocenters. The van der Waals surface area contributed by atoms with E-state index >= 15 is 0 Å². The van der Waals surface area contributed by atoms with Crippen LogP contribution in [0.15, 0.2) is 29.4 Å². The fraction of sp³-hybridized carbons (Fsp3) is 0.500. The van der Waals surface area contributed by atoms with Crippen molar-refractivity contribution in [2.24, 2.45) is 10.7 Å². The predicted molar refractivity (Wildman–Crippen MR) is 96.2 cm³/mol. The molecule has 1 fully saturated rings. The fourth-order valence-corrected chi connectivity index (χ4v) is 3.17. The molecule has 0 saturated heterocycles. The Labute approximate surface area is 143 Å². The van der Waals surface area contributed by atoms with Crippen LogP contribution in [0.2, 0.25) is 0 Å². The van der Waals surface area contributed by atoms with Crippen molar-refractivity contribution < 1.29 is 0 Å². The summed E-state index contributed by atoms with van der Waals surface area (Å²) in [6.07, 6.45) is 8.11. The molecule has 0 radical (unpaired) electrons. The molecule has 3 N–H and O–H groups in total. The third-order valence-corrected chi connectivity index (χ3v) is 4.42. The lowest BCUT2D eigenvalue weighted by Gasteiger charge is -2.23. The van der Waals surface area contributed by atoms with Gasteiger partial charge in [-0.2, -0.15) is 5.10 Å². The van der Waals surface area contributed by atoms with Crippen LogP contribution in [-0.2, 0) is 6.54 Å². The molecule has 0 bridgehead atoms. The standard InChI is InChI=1S/C18H26N6/c1-13-10-14(2)24(23-13)17-9-8-15(11-20-17)12-21-18(19)22-16-6-4-3-5-7-16/h8-11,16H,3-7,12H2,1-2H3,(H3,19,21,22). The Hall–Kier alpha value is -2.37. The van der Waals surface area contributed by atoms with Gasteiger partial charge in [0.25, 0.3) is 0 Å². The van der Waals surface area contributed by atoms with E-state index in [2.05, 4.69) is 20.4 Å². The number of nitrogens with zero attached hydrogens (tertiary/aromatic N) is 4. The maximum Gasteiger partial charge on any atom is 0.189 e. The molecule has 1 aliphatic carbocycles. The molecule has 6 heteroatoms. The van der Waals surface area contributed by atoms with E-state index in [9.17, 15) is 0 Å². The smallest absolute Gasteiger partial charge is 0.189 e. The topological polar surface area (TPSA) is 81.1 Å². The Morgan fingerprint density at radius 2 is 2.08 bits per heavy atom. The zero-order chi connectivity index (χ0) is 16.9. The highest BCUT2D eigenvalue weighted by molar-refractivity contribution is 5.78. The van der Waals surface area contributed by atoms with Crippen molar-refractivity contribution >= 4 is 5.96 Å². The molecule has 0 aromatic carbocycles. The summed E-state index contributed by atoms with van der Waals surface area (Å²) in [5.74, 6) is 1.35. The average molecular weight is 326 g/mol. The van der Waals surface area contributed by atoms with Crippen LogP contribution in [0.25, 0.3) is 5.82 Å². The van der Waals surface area contributed by atoms with Crippen molar-refractivity contribution in [1.29, 1.82) is 0 Å². The molecule has 3 rings (SSSR count). The second-order valence-electron chi connectivity index (χ2n) is 6.54. The first-order chi connectivity index (χ1) is 11.6. The Bertz CT molecular complexity index is 695. The summed E-state index contributed by atoms with van der Waals surface area (Å²) in [6, 6.07) is 6.51. The minimum Gasteiger partial charge on any atom is -0.370 e. The van der Waals surface area contributed by atoms with Crippen LogP contribution in [0, 0.1) is 13.8 Å². The number of guanidine groups is 1. The molecule has 2 aromatic heterocycles. The maximum atomic E-state index is 6.00. The minimum atomic E-state index is 0.481. The van der Waals surface area contributed by atoms with Gasteiger partial charge >= 0.3 is 0 Å². The third kappa shape index (κ3) is 4.13. The van der Waals surface area contributed by atoms with Crippen LogP contribution >= 0.6 is 0 Å². The zero-order valence-electron chi connectivity index (χ0n) is 14.5. The van der Waals surface area contributed by atoms with E-state index in [1.807, 2.05) is 42.9 Å². The summed E-state index contributed by atoms with van der Waals surface area (Å²) >= 11 is 0. The summed E-state index contributed by atoms with van der Waals surface area (Å²) < 4.78 is 1.85. The van der Waals surface area contributed by atoms with Gasteiger partial charge in [0, 0.05) is 17.9 Å². The summed E-state index contributed by atoms with van der Waals surface area (Å²) in [4.78, 5) is 8.92. The van der Waals surface area contributed by atoms with Gasteiger partial charge in [-0.15, -0.1) is 0 Å². The monoisotopic (exact) mass is 326 g/mol. The van der Waals surface area contributed by atoms with Crippen LogP contribution in [0.1, 0.15) is 49.1 Å². The van der Waals surface area contributed by atoms with Gasteiger partial charge in [0.15, 0.2) is 11.8 Å². The normalized spacial score (nSPS) is 16.3. The van der Waals surface area contributed by atoms with Crippen molar-refractivity contribution in [3.63, 3.8) is 0 Å². The number of nitrogens with two attached hydrogens (primary N) is 1. The van der Waals surface area contributed by atoms with E-state index in [1.54, 1.807) is 0 Å². The maximum absolute atomic E-state index is 6.00. The summed E-state index contributed by atoms with van der Waals surface area (Å²) in [6.45, 7) is 4.54. The Kier molecular flexibility index (Phi) is 5.13. The highest BCUT2D eigenvalue weighted by atomic mass is 15.3. The van der Waals surface area contributed by atoms with Crippen LogP contribution in [-0.4, -0.2) is 26.8 Å². The second kappa shape index (κ2) is 7.47. The molecule has 0 aliphatic heterocycles. The fourth-order valence-electron chi connectivity index (χ4n) is 3.17. The van der Waals surface area contributed by atoms with Gasteiger partial charge in [0.05, 0.1) is 12.2 Å². The van der Waals surface area contributed by atoms with Gasteiger partial charge in [-0.25, -0.2) is 14.7 Å². The number of aryl methyl sites for hydroxylation is 2. The van der Waals surface area contributed by atoms with Crippen molar-refractivity contribution in [2.75, 3.05) is 0 Å². The predicted octanol–water partition coefficient (Wildman–Crippen LogP) is 2.62. The molecule has 0 spiro atoms. The lowest BCUT2D eigenvalue weighted by molar-refractivity contribution is 0.412. The number of hydrogen-bond donors (Lipinski definition) is 2. The van der Waals surface area contributed by atoms with Gasteiger partial charge in [0.2, 0.25) is 0 Å². The lowest BCUT2D eigenvalue weighted by Crippen LogP contribution is -2.41. The van der Waals surface area contributed by atoms with Crippen molar-refractivity contribution in [1.82, 2.24) is 20.1 Å². The van der Waals surface area contributed by atoms with E-state index in [-0.39, 0.29) is 0 Å². The molecule has 24 heavy (non-hydrogen) atoms. The van der Waals surface area contributed by atoms with Crippen molar-refractivity contribution in [3.8, 4) is 5.82 Å². The molecule has 128 valence electrons. The highest BCUT2D eigenvalue weighted by Crippen LogP contribution is 2.17. The summed E-state index contributed by atoms with van der Waals surface area (Å²) in [7, 11) is 0. The molecule has 1 saturated carbocycles. The van der Waals surface area contributed by atoms with Crippen LogP contribution in [0.5, 0.6) is 0 Å². The quantitative estimate of drug-likeness (QED) is 0.668. The number of aromatic nitrogens is 3. The van der Waals surface area contributed by atoms with Gasteiger partial charge in [-0.1, -0.05) is 25.3 Å². The summed E-state index contributed by atoms with van der Waals surface area (Å²) in [5.41, 5.74) is 9.10. The van der Waals surface area contributed by atoms with Gasteiger partial charge < -0.3 is 11.1 Å². The second-order valence-corrected chi connectivity index (χ2v) is 6.54. The molecule has 6 nitrogen and oxygen atoms in total. The van der Waals surface area contributed by atoms with Gasteiger partial charge in [-0.05, 0) is 44.4 Å².